The number of methoxy groups -OCH3 is 2. The standard InChI is InChI=1S/C28H37N3O7S/c1-19(2)22-8-6-21(7-9-22)17-29-28(34)25-18-30(20(3)32)14-15-31(25)39(35,36)24-11-12-26(37-4)23(16-24)10-13-27(33)38-5/h6-9,11-12,16,19,25H,10,13-15,17-18H2,1-5H3,(H,29,34)/p+1/t25-/m1/s1. The highest BCUT2D eigenvalue weighted by molar-refractivity contribution is 7.89. The topological polar surface area (TPSA) is 127 Å². The van der Waals surface area contributed by atoms with E-state index in [4.69, 9.17) is 9.47 Å². The summed E-state index contributed by atoms with van der Waals surface area (Å²) in [6, 6.07) is 11.3. The van der Waals surface area contributed by atoms with Gasteiger partial charge in [0.15, 0.2) is 7.11 Å². The van der Waals surface area contributed by atoms with E-state index in [9.17, 15) is 22.8 Å². The zero-order chi connectivity index (χ0) is 28.7. The molecule has 2 aromatic rings. The number of aryl methyl sites for hydroxylation is 1. The predicted molar refractivity (Wildman–Crippen MR) is 148 cm³/mol. The Balaban J connectivity index is 1.86. The van der Waals surface area contributed by atoms with Gasteiger partial charge < -0.3 is 24.5 Å². The molecular weight excluding hydrogens is 522 g/mol. The molecule has 2 N–H and O–H groups in total. The number of carbonyl (C=O) groups is 2. The SMILES string of the molecule is COC(=[OH+])CCc1cc(S(=O)(=O)N2CCN(C(C)=O)C[C@@H]2C(=O)NCc2ccc(C(C)C)cc2)ccc1OC. The van der Waals surface area contributed by atoms with Crippen molar-refractivity contribution in [1.82, 2.24) is 14.5 Å². The second kappa shape index (κ2) is 13.1. The van der Waals surface area contributed by atoms with Crippen molar-refractivity contribution in [3.05, 3.63) is 59.2 Å². The highest BCUT2D eigenvalue weighted by atomic mass is 32.2. The molecule has 10 nitrogen and oxygen atoms in total. The molecule has 0 aromatic heterocycles. The Hall–Kier alpha value is -3.44. The fraction of sp³-hybridized carbons (Fsp3) is 0.464. The molecule has 2 aromatic carbocycles. The van der Waals surface area contributed by atoms with Crippen LogP contribution >= 0.6 is 0 Å². The van der Waals surface area contributed by atoms with Crippen molar-refractivity contribution in [1.29, 1.82) is 0 Å². The van der Waals surface area contributed by atoms with Gasteiger partial charge in [-0.05, 0) is 47.2 Å². The number of esters is 1. The van der Waals surface area contributed by atoms with Crippen molar-refractivity contribution in [2.75, 3.05) is 33.9 Å². The molecule has 1 fully saturated rings. The first-order chi connectivity index (χ1) is 18.5. The van der Waals surface area contributed by atoms with Crippen molar-refractivity contribution in [2.45, 2.75) is 57.0 Å². The fourth-order valence-electron chi connectivity index (χ4n) is 4.47. The maximum absolute atomic E-state index is 13.8. The van der Waals surface area contributed by atoms with Crippen molar-refractivity contribution in [3.63, 3.8) is 0 Å². The van der Waals surface area contributed by atoms with Crippen molar-refractivity contribution in [3.8, 4) is 5.75 Å². The van der Waals surface area contributed by atoms with Crippen LogP contribution < -0.4 is 10.1 Å². The van der Waals surface area contributed by atoms with E-state index >= 15 is 0 Å². The first-order valence-corrected chi connectivity index (χ1v) is 14.3. The molecule has 3 rings (SSSR count). The van der Waals surface area contributed by atoms with E-state index in [1.54, 1.807) is 6.07 Å². The molecule has 0 radical (unpaired) electrons. The molecule has 212 valence electrons. The molecule has 0 aliphatic carbocycles. The molecule has 1 atom stereocenters. The summed E-state index contributed by atoms with van der Waals surface area (Å²) in [6.45, 7) is 5.93. The van der Waals surface area contributed by atoms with Crippen LogP contribution in [0.4, 0.5) is 0 Å². The normalized spacial score (nSPS) is 16.2. The van der Waals surface area contributed by atoms with Crippen LogP contribution in [0.15, 0.2) is 47.4 Å². The number of sulfonamides is 1. The fourth-order valence-corrected chi connectivity index (χ4v) is 6.09. The van der Waals surface area contributed by atoms with E-state index in [1.165, 1.54) is 43.7 Å². The second-order valence-corrected chi connectivity index (χ2v) is 11.7. The first kappa shape index (κ1) is 30.1. The smallest absolute Gasteiger partial charge is 0.482 e. The Kier molecular flexibility index (Phi) is 10.1. The summed E-state index contributed by atoms with van der Waals surface area (Å²) in [4.78, 5) is 36.6. The van der Waals surface area contributed by atoms with Gasteiger partial charge in [0.1, 0.15) is 18.2 Å². The molecule has 39 heavy (non-hydrogen) atoms. The lowest BCUT2D eigenvalue weighted by molar-refractivity contribution is -0.134. The Morgan fingerprint density at radius 1 is 1.10 bits per heavy atom. The van der Waals surface area contributed by atoms with Crippen LogP contribution in [0.25, 0.3) is 0 Å². The van der Waals surface area contributed by atoms with Crippen molar-refractivity contribution >= 4 is 27.8 Å². The Morgan fingerprint density at radius 2 is 1.79 bits per heavy atom. The number of piperazine rings is 1. The van der Waals surface area contributed by atoms with E-state index in [1.807, 2.05) is 24.3 Å². The van der Waals surface area contributed by atoms with E-state index in [2.05, 4.69) is 19.2 Å². The number of benzene rings is 2. The molecule has 1 aliphatic rings. The molecule has 11 heteroatoms. The van der Waals surface area contributed by atoms with Crippen LogP contribution in [-0.4, -0.2) is 80.1 Å². The van der Waals surface area contributed by atoms with Crippen LogP contribution in [-0.2, 0) is 37.3 Å². The Labute approximate surface area is 230 Å². The zero-order valence-corrected chi connectivity index (χ0v) is 24.0. The minimum absolute atomic E-state index is 0.00597. The van der Waals surface area contributed by atoms with Gasteiger partial charge >= 0.3 is 5.97 Å². The van der Waals surface area contributed by atoms with Gasteiger partial charge in [0.25, 0.3) is 0 Å². The first-order valence-electron chi connectivity index (χ1n) is 12.9. The number of nitrogens with zero attached hydrogens (tertiary/aromatic N) is 2. The second-order valence-electron chi connectivity index (χ2n) is 9.78. The lowest BCUT2D eigenvalue weighted by atomic mass is 10.0. The summed E-state index contributed by atoms with van der Waals surface area (Å²) in [6.07, 6.45) is 0.445. The average Bonchev–Trinajstić information content (AvgIpc) is 2.94. The number of carbonyl (C=O) groups excluding carboxylic acids is 3. The average molecular weight is 561 g/mol. The van der Waals surface area contributed by atoms with Gasteiger partial charge in [-0.2, -0.15) is 4.31 Å². The number of amides is 2. The molecule has 0 bridgehead atoms. The zero-order valence-electron chi connectivity index (χ0n) is 23.1. The third-order valence-corrected chi connectivity index (χ3v) is 8.80. The lowest BCUT2D eigenvalue weighted by Gasteiger charge is -2.39. The molecule has 0 spiro atoms. The number of rotatable bonds is 10. The maximum Gasteiger partial charge on any atom is 0.482 e. The van der Waals surface area contributed by atoms with Crippen LogP contribution in [0, 0.1) is 0 Å². The summed E-state index contributed by atoms with van der Waals surface area (Å²) >= 11 is 0. The summed E-state index contributed by atoms with van der Waals surface area (Å²) in [7, 11) is -1.29. The third-order valence-electron chi connectivity index (χ3n) is 6.89. The van der Waals surface area contributed by atoms with E-state index in [0.717, 1.165) is 9.87 Å². The summed E-state index contributed by atoms with van der Waals surface area (Å²) in [5.41, 5.74) is 2.63. The van der Waals surface area contributed by atoms with Crippen molar-refractivity contribution < 1.29 is 32.3 Å². The van der Waals surface area contributed by atoms with Crippen molar-refractivity contribution in [2.24, 2.45) is 0 Å². The molecule has 1 heterocycles. The number of hydrogen-bond donors (Lipinski definition) is 1. The van der Waals surface area contributed by atoms with E-state index in [0.29, 0.717) is 17.2 Å². The van der Waals surface area contributed by atoms with Gasteiger partial charge in [0.05, 0.1) is 12.0 Å². The lowest BCUT2D eigenvalue weighted by Crippen LogP contribution is -2.61. The minimum Gasteiger partial charge on any atom is -0.496 e. The molecule has 1 aliphatic heterocycles. The monoisotopic (exact) mass is 560 g/mol. The summed E-state index contributed by atoms with van der Waals surface area (Å²) in [5, 5.41) is 2.85. The molecular formula is C28H38N3O7S+. The molecule has 0 saturated carbocycles. The van der Waals surface area contributed by atoms with Gasteiger partial charge in [0.2, 0.25) is 21.8 Å². The largest absolute Gasteiger partial charge is 0.496 e. The quantitative estimate of drug-likeness (QED) is 0.351. The number of nitrogens with one attached hydrogen (secondary N) is 1. The van der Waals surface area contributed by atoms with Gasteiger partial charge in [-0.25, -0.2) is 8.42 Å². The maximum atomic E-state index is 13.8. The third kappa shape index (κ3) is 7.36. The molecule has 0 unspecified atom stereocenters. The van der Waals surface area contributed by atoms with E-state index in [-0.39, 0.29) is 55.8 Å². The molecule has 2 amide bonds. The molecule has 1 saturated heterocycles. The van der Waals surface area contributed by atoms with Crippen LogP contribution in [0.2, 0.25) is 0 Å². The number of ether oxygens (including phenoxy) is 2. The van der Waals surface area contributed by atoms with Crippen LogP contribution in [0.1, 0.15) is 49.8 Å². The van der Waals surface area contributed by atoms with Crippen LogP contribution in [0.3, 0.4) is 0 Å². The Bertz CT molecular complexity index is 1290. The van der Waals surface area contributed by atoms with Gasteiger partial charge in [-0.1, -0.05) is 38.1 Å². The minimum atomic E-state index is -4.12. The van der Waals surface area contributed by atoms with E-state index < -0.39 is 22.0 Å². The highest BCUT2D eigenvalue weighted by Crippen LogP contribution is 2.28. The van der Waals surface area contributed by atoms with Crippen LogP contribution in [0.5, 0.6) is 5.75 Å². The summed E-state index contributed by atoms with van der Waals surface area (Å²) < 4.78 is 39.0. The predicted octanol–water partition coefficient (Wildman–Crippen LogP) is 2.44. The Morgan fingerprint density at radius 3 is 2.38 bits per heavy atom. The highest BCUT2D eigenvalue weighted by Gasteiger charge is 2.41. The van der Waals surface area contributed by atoms with Gasteiger partial charge in [-0.3, -0.25) is 9.59 Å². The summed E-state index contributed by atoms with van der Waals surface area (Å²) in [5.74, 6) is -0.0337. The van der Waals surface area contributed by atoms with Gasteiger partial charge in [-0.15, -0.1) is 0 Å². The van der Waals surface area contributed by atoms with Gasteiger partial charge in [0, 0.05) is 33.1 Å². The number of hydrogen-bond acceptors (Lipinski definition) is 6.